The van der Waals surface area contributed by atoms with Crippen LogP contribution in [0.2, 0.25) is 19.6 Å². The maximum Gasteiger partial charge on any atom is 0.534 e. The smallest absolute Gasteiger partial charge is 0.496 e. The second-order valence-electron chi connectivity index (χ2n) is 11.1. The molecule has 4 fully saturated rings. The van der Waals surface area contributed by atoms with Crippen molar-refractivity contribution < 1.29 is 30.5 Å². The molecule has 31 heavy (non-hydrogen) atoms. The number of ether oxygens (including phenoxy) is 1. The fourth-order valence-electron chi connectivity index (χ4n) is 6.65. The highest BCUT2D eigenvalue weighted by atomic mass is 32.2. The van der Waals surface area contributed by atoms with E-state index in [1.807, 2.05) is 0 Å². The quantitative estimate of drug-likeness (QED) is 0.295. The largest absolute Gasteiger partial charge is 0.534 e. The molecule has 174 valence electrons. The van der Waals surface area contributed by atoms with Gasteiger partial charge in [-0.1, -0.05) is 19.6 Å². The van der Waals surface area contributed by atoms with Crippen LogP contribution < -0.4 is 8.92 Å². The molecule has 4 saturated carbocycles. The van der Waals surface area contributed by atoms with Crippen molar-refractivity contribution >= 4 is 18.2 Å². The van der Waals surface area contributed by atoms with Gasteiger partial charge in [0.25, 0.3) is 0 Å². The Hall–Kier alpha value is -1.22. The highest BCUT2D eigenvalue weighted by Gasteiger charge is 2.53. The number of benzene rings is 1. The third-order valence-corrected chi connectivity index (χ3v) is 9.60. The van der Waals surface area contributed by atoms with Crippen molar-refractivity contribution in [3.05, 3.63) is 23.3 Å². The van der Waals surface area contributed by atoms with Crippen molar-refractivity contribution in [1.82, 2.24) is 0 Å². The van der Waals surface area contributed by atoms with Gasteiger partial charge in [-0.3, -0.25) is 0 Å². The molecule has 0 heterocycles. The third kappa shape index (κ3) is 4.36. The van der Waals surface area contributed by atoms with Crippen molar-refractivity contribution in [2.24, 2.45) is 17.8 Å². The second kappa shape index (κ2) is 7.40. The van der Waals surface area contributed by atoms with Crippen LogP contribution in [0.3, 0.4) is 0 Å². The van der Waals surface area contributed by atoms with Gasteiger partial charge in [-0.25, -0.2) is 0 Å². The molecule has 0 atom stereocenters. The molecule has 0 aliphatic heterocycles. The molecule has 5 rings (SSSR count). The molecule has 4 aliphatic carbocycles. The van der Waals surface area contributed by atoms with Crippen LogP contribution >= 0.6 is 0 Å². The highest BCUT2D eigenvalue weighted by Crippen LogP contribution is 2.62. The molecule has 1 aromatic carbocycles. The minimum absolute atomic E-state index is 0.127. The second-order valence-corrected chi connectivity index (χ2v) is 18.1. The van der Waals surface area contributed by atoms with Gasteiger partial charge in [0, 0.05) is 14.1 Å². The van der Waals surface area contributed by atoms with Gasteiger partial charge < -0.3 is 8.92 Å². The first-order chi connectivity index (χ1) is 14.2. The zero-order chi connectivity index (χ0) is 22.8. The van der Waals surface area contributed by atoms with Crippen LogP contribution in [0.4, 0.5) is 13.2 Å². The van der Waals surface area contributed by atoms with E-state index in [4.69, 9.17) is 4.74 Å². The van der Waals surface area contributed by atoms with E-state index in [0.29, 0.717) is 23.5 Å². The van der Waals surface area contributed by atoms with Gasteiger partial charge in [0.1, 0.15) is 11.5 Å². The van der Waals surface area contributed by atoms with E-state index < -0.39 is 23.7 Å². The average Bonchev–Trinajstić information content (AvgIpc) is 2.59. The Balaban J connectivity index is 1.85. The number of halogens is 3. The summed E-state index contributed by atoms with van der Waals surface area (Å²) in [4.78, 5) is 0. The number of methoxy groups -OCH3 is 1. The number of alkyl halides is 3. The van der Waals surface area contributed by atoms with Crippen LogP contribution in [-0.2, 0) is 21.6 Å². The van der Waals surface area contributed by atoms with Gasteiger partial charge in [0.05, 0.1) is 7.11 Å². The fourth-order valence-corrected chi connectivity index (χ4v) is 8.52. The Bertz CT molecular complexity index is 931. The lowest BCUT2D eigenvalue weighted by atomic mass is 9.47. The molecule has 0 spiro atoms. The molecular weight excluding hydrogens is 445 g/mol. The molecule has 1 aromatic rings. The van der Waals surface area contributed by atoms with E-state index in [-0.39, 0.29) is 11.2 Å². The predicted molar refractivity (Wildman–Crippen MR) is 115 cm³/mol. The summed E-state index contributed by atoms with van der Waals surface area (Å²) in [6.45, 7) is 6.73. The molecule has 0 saturated heterocycles. The summed E-state index contributed by atoms with van der Waals surface area (Å²) in [5.41, 5.74) is -3.61. The predicted octanol–water partition coefficient (Wildman–Crippen LogP) is 5.81. The lowest BCUT2D eigenvalue weighted by Crippen LogP contribution is -2.49. The summed E-state index contributed by atoms with van der Waals surface area (Å²) in [7, 11) is -5.87. The van der Waals surface area contributed by atoms with Crippen molar-refractivity contribution in [3.63, 3.8) is 0 Å². The van der Waals surface area contributed by atoms with Gasteiger partial charge in [0.2, 0.25) is 0 Å². The van der Waals surface area contributed by atoms with E-state index in [1.54, 1.807) is 6.07 Å². The van der Waals surface area contributed by atoms with Crippen molar-refractivity contribution in [3.8, 4) is 11.5 Å². The molecular formula is C22H31F3O4SSi. The zero-order valence-electron chi connectivity index (χ0n) is 18.5. The molecule has 4 nitrogen and oxygen atoms in total. The van der Waals surface area contributed by atoms with Crippen LogP contribution in [-0.4, -0.2) is 29.1 Å². The van der Waals surface area contributed by atoms with Crippen LogP contribution in [0, 0.1) is 17.8 Å². The monoisotopic (exact) mass is 476 g/mol. The first-order valence-electron chi connectivity index (χ1n) is 10.9. The van der Waals surface area contributed by atoms with Gasteiger partial charge in [-0.15, -0.1) is 0 Å². The van der Waals surface area contributed by atoms with Gasteiger partial charge in [0.15, 0.2) is 0 Å². The molecule has 4 bridgehead atoms. The maximum atomic E-state index is 13.0. The van der Waals surface area contributed by atoms with Crippen molar-refractivity contribution in [2.75, 3.05) is 7.11 Å². The highest BCUT2D eigenvalue weighted by molar-refractivity contribution is 7.88. The molecule has 0 aromatic heterocycles. The van der Waals surface area contributed by atoms with Crippen LogP contribution in [0.5, 0.6) is 11.5 Å². The Labute approximate surface area is 183 Å². The molecule has 0 amide bonds. The molecule has 0 radical (unpaired) electrons. The van der Waals surface area contributed by atoms with Gasteiger partial charge >= 0.3 is 15.6 Å². The molecule has 0 N–H and O–H groups in total. The maximum absolute atomic E-state index is 13.0. The van der Waals surface area contributed by atoms with Gasteiger partial charge in [-0.2, -0.15) is 21.6 Å². The van der Waals surface area contributed by atoms with Crippen LogP contribution in [0.15, 0.2) is 12.1 Å². The number of rotatable bonds is 6. The molecule has 9 heteroatoms. The molecule has 4 aliphatic rings. The van der Waals surface area contributed by atoms with E-state index in [0.717, 1.165) is 36.4 Å². The van der Waals surface area contributed by atoms with Crippen LogP contribution in [0.25, 0.3) is 0 Å². The molecule has 0 unspecified atom stereocenters. The third-order valence-electron chi connectivity index (χ3n) is 7.21. The first-order valence-corrected chi connectivity index (χ1v) is 16.0. The minimum Gasteiger partial charge on any atom is -0.496 e. The topological polar surface area (TPSA) is 52.6 Å². The fraction of sp³-hybridized carbons (Fsp3) is 0.727. The Morgan fingerprint density at radius 1 is 1.03 bits per heavy atom. The lowest BCUT2D eigenvalue weighted by molar-refractivity contribution is -0.0500. The van der Waals surface area contributed by atoms with Crippen LogP contribution in [0.1, 0.15) is 49.7 Å². The Kier molecular flexibility index (Phi) is 5.48. The number of hydrogen-bond acceptors (Lipinski definition) is 4. The first kappa shape index (κ1) is 23.0. The summed E-state index contributed by atoms with van der Waals surface area (Å²) in [5.74, 6) is 2.05. The standard InChI is InChI=1S/C22H31F3O4SSi/c1-28-20-9-17(29-30(26,27)22(23,24)25)8-19(18(20)13-31(2,3)4)21-10-14-5-15(11-21)7-16(6-14)12-21/h8-9,14-16H,5-7,10-13H2,1-4H3. The lowest BCUT2D eigenvalue weighted by Gasteiger charge is -2.57. The summed E-state index contributed by atoms with van der Waals surface area (Å²) < 4.78 is 72.5. The minimum atomic E-state index is -5.74. The average molecular weight is 477 g/mol. The summed E-state index contributed by atoms with van der Waals surface area (Å²) in [6.07, 6.45) is 6.73. The zero-order valence-corrected chi connectivity index (χ0v) is 20.3. The van der Waals surface area contributed by atoms with E-state index in [1.165, 1.54) is 32.4 Å². The summed E-state index contributed by atoms with van der Waals surface area (Å²) in [6, 6.07) is 3.71. The SMILES string of the molecule is COc1cc(OS(=O)(=O)C(F)(F)F)cc(C23CC4CC(CC(C4)C2)C3)c1C[Si](C)(C)C. The number of hydrogen-bond donors (Lipinski definition) is 0. The summed E-state index contributed by atoms with van der Waals surface area (Å²) in [5, 5.41) is 0. The summed E-state index contributed by atoms with van der Waals surface area (Å²) >= 11 is 0. The Morgan fingerprint density at radius 3 is 1.97 bits per heavy atom. The van der Waals surface area contributed by atoms with Crippen molar-refractivity contribution in [2.45, 2.75) is 75.1 Å². The Morgan fingerprint density at radius 2 is 1.55 bits per heavy atom. The van der Waals surface area contributed by atoms with Crippen molar-refractivity contribution in [1.29, 1.82) is 0 Å². The van der Waals surface area contributed by atoms with E-state index >= 15 is 0 Å². The van der Waals surface area contributed by atoms with Gasteiger partial charge in [-0.05, 0) is 84.9 Å². The van der Waals surface area contributed by atoms with E-state index in [2.05, 4.69) is 23.8 Å². The normalized spacial score (nSPS) is 30.5. The van der Waals surface area contributed by atoms with E-state index in [9.17, 15) is 21.6 Å².